The highest BCUT2D eigenvalue weighted by Gasteiger charge is 2.29. The number of H-pyrrole nitrogens is 1. The highest BCUT2D eigenvalue weighted by molar-refractivity contribution is 5.89. The number of hydrogen-bond acceptors (Lipinski definition) is 5. The first-order chi connectivity index (χ1) is 12.7. The second kappa shape index (κ2) is 5.95. The molecule has 134 valence electrons. The van der Waals surface area contributed by atoms with Crippen molar-refractivity contribution >= 4 is 28.1 Å². The Hall–Kier alpha value is -2.67. The minimum Gasteiger partial charge on any atom is -0.324 e. The maximum Gasteiger partial charge on any atom is 0.225 e. The summed E-state index contributed by atoms with van der Waals surface area (Å²) in [6.45, 7) is 2.01. The number of aromatic nitrogens is 5. The predicted molar refractivity (Wildman–Crippen MR) is 102 cm³/mol. The minimum atomic E-state index is 0.614. The molecule has 7 heteroatoms. The zero-order valence-electron chi connectivity index (χ0n) is 15.2. The van der Waals surface area contributed by atoms with E-state index < -0.39 is 0 Å². The van der Waals surface area contributed by atoms with E-state index in [4.69, 9.17) is 4.98 Å². The second-order valence-corrected chi connectivity index (χ2v) is 7.38. The Bertz CT molecular complexity index is 993. The van der Waals surface area contributed by atoms with Crippen LogP contribution in [0.5, 0.6) is 0 Å². The van der Waals surface area contributed by atoms with Gasteiger partial charge < -0.3 is 10.2 Å². The number of nitrogens with zero attached hydrogens (tertiary/aromatic N) is 5. The quantitative estimate of drug-likeness (QED) is 0.757. The van der Waals surface area contributed by atoms with Crippen molar-refractivity contribution in [3.8, 4) is 0 Å². The van der Waals surface area contributed by atoms with E-state index >= 15 is 0 Å². The summed E-state index contributed by atoms with van der Waals surface area (Å²) < 4.78 is 1.84. The lowest BCUT2D eigenvalue weighted by Gasteiger charge is -2.20. The van der Waals surface area contributed by atoms with Crippen LogP contribution in [0.1, 0.15) is 36.6 Å². The molecule has 0 amide bonds. The fourth-order valence-corrected chi connectivity index (χ4v) is 3.68. The maximum absolute atomic E-state index is 4.77. The van der Waals surface area contributed by atoms with E-state index in [9.17, 15) is 0 Å². The van der Waals surface area contributed by atoms with Crippen LogP contribution in [-0.4, -0.2) is 50.0 Å². The number of hydrogen-bond donors (Lipinski definition) is 2. The molecule has 0 saturated heterocycles. The number of aryl methyl sites for hydroxylation is 1. The van der Waals surface area contributed by atoms with Gasteiger partial charge in [-0.3, -0.25) is 5.10 Å². The second-order valence-electron chi connectivity index (χ2n) is 7.38. The van der Waals surface area contributed by atoms with Gasteiger partial charge in [0.2, 0.25) is 5.95 Å². The van der Waals surface area contributed by atoms with Gasteiger partial charge in [0.05, 0.1) is 11.7 Å². The van der Waals surface area contributed by atoms with Crippen LogP contribution in [0.3, 0.4) is 0 Å². The molecule has 0 bridgehead atoms. The molecule has 1 fully saturated rings. The average molecular weight is 349 g/mol. The summed E-state index contributed by atoms with van der Waals surface area (Å²) >= 11 is 0. The zero-order chi connectivity index (χ0) is 17.7. The highest BCUT2D eigenvalue weighted by Crippen LogP contribution is 2.46. The first kappa shape index (κ1) is 15.6. The molecule has 1 aliphatic carbocycles. The van der Waals surface area contributed by atoms with Crippen molar-refractivity contribution in [1.82, 2.24) is 29.9 Å². The standard InChI is InChI=1S/C19H23N7/c1-25-9-7-13(8-10-25)18-22-19(26(2)24-18)21-16-6-5-15-14(11-20-23-15)17(16)12-3-4-12/h5-7,11-12H,3-4,8-10H2,1-2H3,(H,20,23)(H,21,22,24). The van der Waals surface area contributed by atoms with Gasteiger partial charge >= 0.3 is 0 Å². The minimum absolute atomic E-state index is 0.614. The molecule has 1 aromatic carbocycles. The van der Waals surface area contributed by atoms with Gasteiger partial charge in [0.1, 0.15) is 0 Å². The smallest absolute Gasteiger partial charge is 0.225 e. The number of benzene rings is 1. The van der Waals surface area contributed by atoms with E-state index in [1.807, 2.05) is 17.9 Å². The summed E-state index contributed by atoms with van der Waals surface area (Å²) in [6.07, 6.45) is 7.64. The SMILES string of the molecule is CN1CC=C(c2nc(Nc3ccc4[nH]ncc4c3C3CC3)n(C)n2)CC1. The summed E-state index contributed by atoms with van der Waals surface area (Å²) in [7, 11) is 4.08. The summed E-state index contributed by atoms with van der Waals surface area (Å²) in [5.41, 5.74) is 4.78. The van der Waals surface area contributed by atoms with Gasteiger partial charge in [0.15, 0.2) is 5.82 Å². The molecule has 1 saturated carbocycles. The van der Waals surface area contributed by atoms with Crippen LogP contribution >= 0.6 is 0 Å². The van der Waals surface area contributed by atoms with E-state index in [0.29, 0.717) is 5.92 Å². The lowest BCUT2D eigenvalue weighted by Crippen LogP contribution is -2.23. The van der Waals surface area contributed by atoms with Crippen LogP contribution in [0.4, 0.5) is 11.6 Å². The molecule has 0 radical (unpaired) electrons. The fourth-order valence-electron chi connectivity index (χ4n) is 3.68. The van der Waals surface area contributed by atoms with Crippen molar-refractivity contribution in [2.24, 2.45) is 7.05 Å². The van der Waals surface area contributed by atoms with Crippen LogP contribution in [0, 0.1) is 0 Å². The third kappa shape index (κ3) is 2.68. The summed E-state index contributed by atoms with van der Waals surface area (Å²) in [4.78, 5) is 7.07. The Kier molecular flexibility index (Phi) is 3.56. The topological polar surface area (TPSA) is 74.7 Å². The van der Waals surface area contributed by atoms with Gasteiger partial charge in [-0.25, -0.2) is 4.68 Å². The number of aromatic amines is 1. The van der Waals surface area contributed by atoms with Gasteiger partial charge in [-0.15, -0.1) is 5.10 Å². The highest BCUT2D eigenvalue weighted by atomic mass is 15.4. The van der Waals surface area contributed by atoms with E-state index in [2.05, 4.69) is 50.8 Å². The molecule has 2 aliphatic rings. The van der Waals surface area contributed by atoms with Gasteiger partial charge in [0.25, 0.3) is 0 Å². The Morgan fingerprint density at radius 1 is 1.23 bits per heavy atom. The molecule has 1 aliphatic heterocycles. The Morgan fingerprint density at radius 2 is 2.12 bits per heavy atom. The van der Waals surface area contributed by atoms with E-state index in [0.717, 1.165) is 42.5 Å². The lowest BCUT2D eigenvalue weighted by atomic mass is 10.0. The molecule has 0 unspecified atom stereocenters. The molecule has 3 aromatic rings. The van der Waals surface area contributed by atoms with Crippen molar-refractivity contribution in [2.45, 2.75) is 25.2 Å². The molecule has 2 N–H and O–H groups in total. The molecule has 2 aromatic heterocycles. The third-order valence-electron chi connectivity index (χ3n) is 5.36. The largest absolute Gasteiger partial charge is 0.324 e. The molecular weight excluding hydrogens is 326 g/mol. The molecule has 26 heavy (non-hydrogen) atoms. The number of rotatable bonds is 4. The Morgan fingerprint density at radius 3 is 2.88 bits per heavy atom. The fraction of sp³-hybridized carbons (Fsp3) is 0.421. The summed E-state index contributed by atoms with van der Waals surface area (Å²) in [5, 5.41) is 16.6. The molecule has 0 spiro atoms. The van der Waals surface area contributed by atoms with Crippen molar-refractivity contribution in [2.75, 3.05) is 25.5 Å². The van der Waals surface area contributed by atoms with Crippen molar-refractivity contribution in [3.63, 3.8) is 0 Å². The lowest BCUT2D eigenvalue weighted by molar-refractivity contribution is 0.369. The van der Waals surface area contributed by atoms with Crippen LogP contribution in [0.15, 0.2) is 24.4 Å². The average Bonchev–Trinajstić information content (AvgIpc) is 3.25. The van der Waals surface area contributed by atoms with Gasteiger partial charge in [0, 0.05) is 31.2 Å². The number of likely N-dealkylation sites (N-methyl/N-ethyl adjacent to an activating group) is 1. The zero-order valence-corrected chi connectivity index (χ0v) is 15.2. The normalized spacial score (nSPS) is 18.3. The molecule has 3 heterocycles. The van der Waals surface area contributed by atoms with E-state index in [-0.39, 0.29) is 0 Å². The van der Waals surface area contributed by atoms with Crippen LogP contribution in [0.2, 0.25) is 0 Å². The van der Waals surface area contributed by atoms with Crippen LogP contribution < -0.4 is 5.32 Å². The number of fused-ring (bicyclic) bond motifs is 1. The summed E-state index contributed by atoms with van der Waals surface area (Å²) in [6, 6.07) is 4.20. The molecule has 5 rings (SSSR count). The Balaban J connectivity index is 1.49. The molecule has 7 nitrogen and oxygen atoms in total. The predicted octanol–water partition coefficient (Wildman–Crippen LogP) is 3.03. The summed E-state index contributed by atoms with van der Waals surface area (Å²) in [5.74, 6) is 2.23. The third-order valence-corrected chi connectivity index (χ3v) is 5.36. The maximum atomic E-state index is 4.77. The molecular formula is C19H23N7. The first-order valence-corrected chi connectivity index (χ1v) is 9.21. The monoisotopic (exact) mass is 349 g/mol. The molecule has 0 atom stereocenters. The van der Waals surface area contributed by atoms with Crippen molar-refractivity contribution in [1.29, 1.82) is 0 Å². The van der Waals surface area contributed by atoms with Crippen molar-refractivity contribution < 1.29 is 0 Å². The number of nitrogens with one attached hydrogen (secondary N) is 2. The van der Waals surface area contributed by atoms with E-state index in [1.165, 1.54) is 29.4 Å². The first-order valence-electron chi connectivity index (χ1n) is 9.21. The Labute approximate surface area is 152 Å². The van der Waals surface area contributed by atoms with Crippen LogP contribution in [-0.2, 0) is 7.05 Å². The van der Waals surface area contributed by atoms with Gasteiger partial charge in [-0.05, 0) is 55.5 Å². The number of anilines is 2. The van der Waals surface area contributed by atoms with Gasteiger partial charge in [-0.1, -0.05) is 6.08 Å². The van der Waals surface area contributed by atoms with E-state index in [1.54, 1.807) is 0 Å². The van der Waals surface area contributed by atoms with Crippen LogP contribution in [0.25, 0.3) is 16.5 Å². The van der Waals surface area contributed by atoms with Crippen molar-refractivity contribution in [3.05, 3.63) is 35.8 Å². The van der Waals surface area contributed by atoms with Gasteiger partial charge in [-0.2, -0.15) is 10.1 Å².